The average Bonchev–Trinajstić information content (AvgIpc) is 2.67. The van der Waals surface area contributed by atoms with Gasteiger partial charge in [0.1, 0.15) is 24.6 Å². The van der Waals surface area contributed by atoms with Gasteiger partial charge in [-0.25, -0.2) is 14.4 Å². The highest BCUT2D eigenvalue weighted by molar-refractivity contribution is 9.10. The van der Waals surface area contributed by atoms with Crippen molar-refractivity contribution in [2.75, 3.05) is 19.0 Å². The molecule has 0 fully saturated rings. The van der Waals surface area contributed by atoms with Gasteiger partial charge in [0.2, 0.25) is 0 Å². The van der Waals surface area contributed by atoms with Gasteiger partial charge in [0.25, 0.3) is 0 Å². The third kappa shape index (κ3) is 5.09. The number of hydrogen-bond donors (Lipinski definition) is 3. The predicted octanol–water partition coefficient (Wildman–Crippen LogP) is 3.50. The molecule has 3 N–H and O–H groups in total. The van der Waals surface area contributed by atoms with Crippen LogP contribution in [0.2, 0.25) is 0 Å². The molecule has 0 aliphatic heterocycles. The van der Waals surface area contributed by atoms with Crippen molar-refractivity contribution in [2.24, 2.45) is 0 Å². The first-order valence-corrected chi connectivity index (χ1v) is 9.24. The Morgan fingerprint density at radius 1 is 1.28 bits per heavy atom. The van der Waals surface area contributed by atoms with Gasteiger partial charge in [0, 0.05) is 15.9 Å². The van der Waals surface area contributed by atoms with Crippen LogP contribution in [0.3, 0.4) is 0 Å². The lowest BCUT2D eigenvalue weighted by Gasteiger charge is -2.15. The SMILES string of the molecule is COc1cc2c(Nc3ccc(Br)cc3F)ncnc2cc1OCC(O)CC(=O)O. The van der Waals surface area contributed by atoms with Crippen molar-refractivity contribution in [1.82, 2.24) is 9.97 Å². The van der Waals surface area contributed by atoms with Gasteiger partial charge in [-0.05, 0) is 24.3 Å². The Labute approximate surface area is 173 Å². The number of benzene rings is 2. The number of anilines is 2. The number of aromatic nitrogens is 2. The average molecular weight is 466 g/mol. The van der Waals surface area contributed by atoms with Gasteiger partial charge in [-0.15, -0.1) is 0 Å². The lowest BCUT2D eigenvalue weighted by molar-refractivity contribution is -0.139. The molecule has 1 unspecified atom stereocenters. The number of rotatable bonds is 8. The molecule has 0 amide bonds. The third-order valence-electron chi connectivity index (χ3n) is 3.95. The van der Waals surface area contributed by atoms with E-state index in [2.05, 4.69) is 31.2 Å². The number of fused-ring (bicyclic) bond motifs is 1. The Morgan fingerprint density at radius 3 is 2.76 bits per heavy atom. The largest absolute Gasteiger partial charge is 0.493 e. The van der Waals surface area contributed by atoms with Crippen molar-refractivity contribution in [2.45, 2.75) is 12.5 Å². The van der Waals surface area contributed by atoms with E-state index in [4.69, 9.17) is 14.6 Å². The van der Waals surface area contributed by atoms with Crippen LogP contribution in [-0.2, 0) is 4.79 Å². The maximum Gasteiger partial charge on any atom is 0.306 e. The number of methoxy groups -OCH3 is 1. The number of halogens is 2. The van der Waals surface area contributed by atoms with E-state index in [1.165, 1.54) is 19.5 Å². The molecule has 1 heterocycles. The molecule has 10 heteroatoms. The van der Waals surface area contributed by atoms with Gasteiger partial charge in [-0.2, -0.15) is 0 Å². The van der Waals surface area contributed by atoms with Crippen LogP contribution in [0.25, 0.3) is 10.9 Å². The van der Waals surface area contributed by atoms with Crippen molar-refractivity contribution in [3.8, 4) is 11.5 Å². The van der Waals surface area contributed by atoms with Crippen LogP contribution in [-0.4, -0.2) is 46.0 Å². The molecule has 0 aliphatic carbocycles. The molecule has 3 rings (SSSR count). The van der Waals surface area contributed by atoms with Crippen LogP contribution in [0.5, 0.6) is 11.5 Å². The predicted molar refractivity (Wildman–Crippen MR) is 107 cm³/mol. The second-order valence-corrected chi connectivity index (χ2v) is 6.97. The Hall–Kier alpha value is -2.98. The van der Waals surface area contributed by atoms with Crippen LogP contribution in [0, 0.1) is 5.82 Å². The fourth-order valence-electron chi connectivity index (χ4n) is 2.60. The lowest BCUT2D eigenvalue weighted by atomic mass is 10.2. The van der Waals surface area contributed by atoms with Crippen LogP contribution in [0.15, 0.2) is 41.1 Å². The molecule has 1 aromatic heterocycles. The van der Waals surface area contributed by atoms with E-state index in [-0.39, 0.29) is 18.0 Å². The van der Waals surface area contributed by atoms with E-state index in [0.29, 0.717) is 26.9 Å². The van der Waals surface area contributed by atoms with Crippen molar-refractivity contribution in [3.63, 3.8) is 0 Å². The monoisotopic (exact) mass is 465 g/mol. The topological polar surface area (TPSA) is 114 Å². The molecule has 0 saturated carbocycles. The van der Waals surface area contributed by atoms with Crippen LogP contribution < -0.4 is 14.8 Å². The highest BCUT2D eigenvalue weighted by atomic mass is 79.9. The summed E-state index contributed by atoms with van der Waals surface area (Å²) < 4.78 is 25.6. The molecule has 0 spiro atoms. The summed E-state index contributed by atoms with van der Waals surface area (Å²) in [4.78, 5) is 19.0. The van der Waals surface area contributed by atoms with Crippen LogP contribution in [0.4, 0.5) is 15.9 Å². The summed E-state index contributed by atoms with van der Waals surface area (Å²) >= 11 is 3.21. The maximum absolute atomic E-state index is 14.2. The lowest BCUT2D eigenvalue weighted by Crippen LogP contribution is -2.21. The summed E-state index contributed by atoms with van der Waals surface area (Å²) in [5, 5.41) is 21.9. The number of nitrogens with one attached hydrogen (secondary N) is 1. The van der Waals surface area contributed by atoms with E-state index in [0.717, 1.165) is 0 Å². The Kier molecular flexibility index (Phi) is 6.45. The van der Waals surface area contributed by atoms with Crippen molar-refractivity contribution in [1.29, 1.82) is 0 Å². The molecule has 0 bridgehead atoms. The molecule has 0 radical (unpaired) electrons. The number of ether oxygens (including phenoxy) is 2. The number of carboxylic acid groups (broad SMARTS) is 1. The molecule has 8 nitrogen and oxygen atoms in total. The molecule has 0 saturated heterocycles. The smallest absolute Gasteiger partial charge is 0.306 e. The molecule has 29 heavy (non-hydrogen) atoms. The van der Waals surface area contributed by atoms with Crippen LogP contribution in [0.1, 0.15) is 6.42 Å². The van der Waals surface area contributed by atoms with E-state index < -0.39 is 24.3 Å². The normalized spacial score (nSPS) is 11.9. The molecule has 3 aromatic rings. The summed E-state index contributed by atoms with van der Waals surface area (Å²) in [7, 11) is 1.44. The summed E-state index contributed by atoms with van der Waals surface area (Å²) in [6.45, 7) is -0.228. The zero-order valence-corrected chi connectivity index (χ0v) is 16.8. The minimum Gasteiger partial charge on any atom is -0.493 e. The molecular weight excluding hydrogens is 449 g/mol. The first-order valence-electron chi connectivity index (χ1n) is 8.45. The Bertz CT molecular complexity index is 1050. The van der Waals surface area contributed by atoms with Gasteiger partial charge in [0.15, 0.2) is 11.5 Å². The minimum absolute atomic E-state index is 0.228. The standard InChI is InChI=1S/C19H17BrFN3O5/c1-28-16-6-12-15(7-17(16)29-8-11(25)5-18(26)27)22-9-23-19(12)24-14-3-2-10(20)4-13(14)21/h2-4,6-7,9,11,25H,5,8H2,1H3,(H,26,27)(H,22,23,24). The van der Waals surface area contributed by atoms with E-state index in [1.807, 2.05) is 0 Å². The number of aliphatic hydroxyl groups is 1. The van der Waals surface area contributed by atoms with E-state index in [1.54, 1.807) is 24.3 Å². The first-order chi connectivity index (χ1) is 13.9. The number of aliphatic carboxylic acids is 1. The first kappa shape index (κ1) is 20.7. The van der Waals surface area contributed by atoms with Crippen molar-refractivity contribution >= 4 is 44.3 Å². The van der Waals surface area contributed by atoms with Crippen LogP contribution >= 0.6 is 15.9 Å². The van der Waals surface area contributed by atoms with E-state index >= 15 is 0 Å². The van der Waals surface area contributed by atoms with Crippen molar-refractivity contribution < 1.29 is 28.9 Å². The van der Waals surface area contributed by atoms with Gasteiger partial charge in [-0.1, -0.05) is 15.9 Å². The molecule has 1 atom stereocenters. The van der Waals surface area contributed by atoms with Gasteiger partial charge >= 0.3 is 5.97 Å². The Balaban J connectivity index is 1.91. The number of carbonyl (C=O) groups is 1. The second kappa shape index (κ2) is 9.01. The van der Waals surface area contributed by atoms with Gasteiger partial charge in [-0.3, -0.25) is 4.79 Å². The van der Waals surface area contributed by atoms with Gasteiger partial charge in [0.05, 0.1) is 30.8 Å². The van der Waals surface area contributed by atoms with E-state index in [9.17, 15) is 14.3 Å². The zero-order chi connectivity index (χ0) is 21.0. The second-order valence-electron chi connectivity index (χ2n) is 6.05. The maximum atomic E-state index is 14.2. The highest BCUT2D eigenvalue weighted by Crippen LogP contribution is 2.35. The third-order valence-corrected chi connectivity index (χ3v) is 4.44. The summed E-state index contributed by atoms with van der Waals surface area (Å²) in [5.74, 6) is -0.606. The Morgan fingerprint density at radius 2 is 2.07 bits per heavy atom. The molecule has 2 aromatic carbocycles. The summed E-state index contributed by atoms with van der Waals surface area (Å²) in [6.07, 6.45) is -0.294. The summed E-state index contributed by atoms with van der Waals surface area (Å²) in [6, 6.07) is 7.80. The fraction of sp³-hybridized carbons (Fsp3) is 0.211. The highest BCUT2D eigenvalue weighted by Gasteiger charge is 2.15. The molecule has 152 valence electrons. The number of carboxylic acids is 1. The number of nitrogens with zero attached hydrogens (tertiary/aromatic N) is 2. The fourth-order valence-corrected chi connectivity index (χ4v) is 2.93. The summed E-state index contributed by atoms with van der Waals surface area (Å²) in [5.41, 5.74) is 0.729. The molecular formula is C19H17BrFN3O5. The zero-order valence-electron chi connectivity index (χ0n) is 15.2. The van der Waals surface area contributed by atoms with Crippen molar-refractivity contribution in [3.05, 3.63) is 46.9 Å². The minimum atomic E-state index is -1.17. The van der Waals surface area contributed by atoms with Gasteiger partial charge < -0.3 is 25.0 Å². The number of aliphatic hydroxyl groups excluding tert-OH is 1. The molecule has 0 aliphatic rings. The quantitative estimate of drug-likeness (QED) is 0.463. The number of hydrogen-bond acceptors (Lipinski definition) is 7.